The first-order valence-corrected chi connectivity index (χ1v) is 21.1. The maximum Gasteiger partial charge on any atom is 0.221 e. The summed E-state index contributed by atoms with van der Waals surface area (Å²) in [6.45, 7) is 14.2. The fourth-order valence-corrected chi connectivity index (χ4v) is 11.5. The molecular weight excluding hydrogens is 711 g/mol. The Morgan fingerprint density at radius 3 is 2.24 bits per heavy atom. The van der Waals surface area contributed by atoms with Crippen LogP contribution in [-0.2, 0) is 10.8 Å². The van der Waals surface area contributed by atoms with E-state index in [0.29, 0.717) is 17.5 Å². The predicted octanol–water partition coefficient (Wildman–Crippen LogP) is 14.5. The second kappa shape index (κ2) is 12.8. The summed E-state index contributed by atoms with van der Waals surface area (Å²) in [5.41, 5.74) is 11.9. The van der Waals surface area contributed by atoms with Crippen molar-refractivity contribution in [3.63, 3.8) is 0 Å². The fourth-order valence-electron chi connectivity index (χ4n) is 11.5. The molecule has 288 valence electrons. The molecule has 9 aromatic rings. The standard InChI is InChI=1S/C53H49N3O2/c1-31-20-22-35(26-32(31)2)56-46-19-13-12-18-38(46)40-24-25-47(55-51(40)56)57-36-27-41-39-23-21-33-14-10-11-17-37(33)48(39)58-49(41)42(28-36)45-29-43-44(30-54-45)53(5,6)50(52(43,3)4)34-15-8-7-9-16-34/h10-14,17-30,34,50H,7-9,15-16H2,1-6H3. The van der Waals surface area contributed by atoms with Gasteiger partial charge in [-0.25, -0.2) is 0 Å². The summed E-state index contributed by atoms with van der Waals surface area (Å²) in [5, 5.41) is 6.55. The lowest BCUT2D eigenvalue weighted by Gasteiger charge is -2.43. The average molecular weight is 760 g/mol. The number of benzene rings is 5. The second-order valence-electron chi connectivity index (χ2n) is 18.3. The Morgan fingerprint density at radius 2 is 1.41 bits per heavy atom. The Balaban J connectivity index is 1.09. The molecule has 0 radical (unpaired) electrons. The van der Waals surface area contributed by atoms with Gasteiger partial charge < -0.3 is 9.15 Å². The van der Waals surface area contributed by atoms with Gasteiger partial charge in [-0.3, -0.25) is 9.55 Å². The molecule has 5 nitrogen and oxygen atoms in total. The molecule has 1 unspecified atom stereocenters. The van der Waals surface area contributed by atoms with Crippen molar-refractivity contribution in [2.24, 2.45) is 11.8 Å². The topological polar surface area (TPSA) is 53.1 Å². The summed E-state index contributed by atoms with van der Waals surface area (Å²) in [6, 6.07) is 38.7. The summed E-state index contributed by atoms with van der Waals surface area (Å²) < 4.78 is 16.1. The molecule has 5 heteroatoms. The minimum absolute atomic E-state index is 0.00359. The predicted molar refractivity (Wildman–Crippen MR) is 239 cm³/mol. The van der Waals surface area contributed by atoms with Crippen LogP contribution in [-0.4, -0.2) is 14.5 Å². The molecule has 0 bridgehead atoms. The maximum atomic E-state index is 6.94. The van der Waals surface area contributed by atoms with E-state index in [2.05, 4.69) is 155 Å². The van der Waals surface area contributed by atoms with E-state index in [0.717, 1.165) is 77.5 Å². The maximum absolute atomic E-state index is 6.94. The summed E-state index contributed by atoms with van der Waals surface area (Å²) >= 11 is 0. The number of aromatic nitrogens is 3. The van der Waals surface area contributed by atoms with Crippen molar-refractivity contribution >= 4 is 54.6 Å². The van der Waals surface area contributed by atoms with Crippen molar-refractivity contribution in [2.75, 3.05) is 0 Å². The van der Waals surface area contributed by atoms with E-state index in [-0.39, 0.29) is 10.8 Å². The number of hydrogen-bond donors (Lipinski definition) is 0. The smallest absolute Gasteiger partial charge is 0.221 e. The van der Waals surface area contributed by atoms with E-state index < -0.39 is 0 Å². The Hall–Kier alpha value is -5.94. The molecule has 0 amide bonds. The number of para-hydroxylation sites is 1. The SMILES string of the molecule is Cc1ccc(-n2c3ccccc3c3ccc(Oc4cc(-c5cc6c(cn5)C(C)(C)C(C5CCCCC5)C6(C)C)c5oc6c7ccccc7ccc6c5c4)nc32)cc1C. The number of fused-ring (bicyclic) bond motifs is 9. The molecule has 1 saturated carbocycles. The summed E-state index contributed by atoms with van der Waals surface area (Å²) in [4.78, 5) is 10.5. The number of ether oxygens (including phenoxy) is 1. The molecule has 1 atom stereocenters. The summed E-state index contributed by atoms with van der Waals surface area (Å²) in [6.07, 6.45) is 8.87. The van der Waals surface area contributed by atoms with Crippen molar-refractivity contribution in [3.05, 3.63) is 138 Å². The van der Waals surface area contributed by atoms with Crippen LogP contribution < -0.4 is 4.74 Å². The van der Waals surface area contributed by atoms with Gasteiger partial charge in [0.15, 0.2) is 0 Å². The van der Waals surface area contributed by atoms with Gasteiger partial charge in [-0.2, -0.15) is 4.98 Å². The van der Waals surface area contributed by atoms with Gasteiger partial charge in [0.05, 0.1) is 11.2 Å². The molecule has 0 saturated heterocycles. The van der Waals surface area contributed by atoms with Crippen LogP contribution in [0.25, 0.3) is 71.6 Å². The minimum atomic E-state index is 0.00359. The van der Waals surface area contributed by atoms with Crippen molar-refractivity contribution in [2.45, 2.75) is 84.5 Å². The monoisotopic (exact) mass is 759 g/mol. The van der Waals surface area contributed by atoms with E-state index >= 15 is 0 Å². The second-order valence-corrected chi connectivity index (χ2v) is 18.3. The molecular formula is C53H49N3O2. The number of nitrogens with zero attached hydrogens (tertiary/aromatic N) is 3. The lowest BCUT2D eigenvalue weighted by atomic mass is 9.61. The van der Waals surface area contributed by atoms with Gasteiger partial charge in [-0.05, 0) is 113 Å². The first kappa shape index (κ1) is 35.2. The van der Waals surface area contributed by atoms with Crippen LogP contribution in [0.4, 0.5) is 0 Å². The third-order valence-electron chi connectivity index (χ3n) is 14.1. The molecule has 0 spiro atoms. The van der Waals surface area contributed by atoms with Crippen LogP contribution in [0.5, 0.6) is 11.6 Å². The Kier molecular flexibility index (Phi) is 7.77. The number of aryl methyl sites for hydroxylation is 2. The van der Waals surface area contributed by atoms with Crippen molar-refractivity contribution in [1.82, 2.24) is 14.5 Å². The quantitative estimate of drug-likeness (QED) is 0.175. The molecule has 1 fully saturated rings. The molecule has 11 rings (SSSR count). The van der Waals surface area contributed by atoms with Crippen LogP contribution in [0.15, 0.2) is 120 Å². The molecule has 0 aliphatic heterocycles. The van der Waals surface area contributed by atoms with Gasteiger partial charge in [0, 0.05) is 50.4 Å². The van der Waals surface area contributed by atoms with Crippen LogP contribution in [0, 0.1) is 25.7 Å². The molecule has 0 N–H and O–H groups in total. The van der Waals surface area contributed by atoms with Gasteiger partial charge in [-0.1, -0.05) is 114 Å². The van der Waals surface area contributed by atoms with Crippen LogP contribution in [0.1, 0.15) is 82.1 Å². The zero-order valence-electron chi connectivity index (χ0n) is 34.3. The van der Waals surface area contributed by atoms with Crippen LogP contribution >= 0.6 is 0 Å². The Morgan fingerprint density at radius 1 is 0.655 bits per heavy atom. The van der Waals surface area contributed by atoms with Crippen LogP contribution in [0.3, 0.4) is 0 Å². The Labute approximate surface area is 339 Å². The molecule has 58 heavy (non-hydrogen) atoms. The van der Waals surface area contributed by atoms with Crippen molar-refractivity contribution < 1.29 is 9.15 Å². The lowest BCUT2D eigenvalue weighted by Crippen LogP contribution is -2.40. The van der Waals surface area contributed by atoms with E-state index in [4.69, 9.17) is 19.1 Å². The van der Waals surface area contributed by atoms with E-state index in [1.165, 1.54) is 54.4 Å². The molecule has 2 aliphatic carbocycles. The number of pyridine rings is 2. The highest BCUT2D eigenvalue weighted by Crippen LogP contribution is 2.59. The van der Waals surface area contributed by atoms with Gasteiger partial charge in [0.25, 0.3) is 0 Å². The average Bonchev–Trinajstić information content (AvgIpc) is 3.82. The van der Waals surface area contributed by atoms with E-state index in [1.54, 1.807) is 0 Å². The van der Waals surface area contributed by atoms with E-state index in [9.17, 15) is 0 Å². The molecule has 4 aromatic heterocycles. The minimum Gasteiger partial charge on any atom is -0.455 e. The first-order valence-electron chi connectivity index (χ1n) is 21.1. The molecule has 2 aliphatic rings. The lowest BCUT2D eigenvalue weighted by molar-refractivity contribution is 0.118. The van der Waals surface area contributed by atoms with Crippen LogP contribution in [0.2, 0.25) is 0 Å². The fraction of sp³-hybridized carbons (Fsp3) is 0.283. The summed E-state index contributed by atoms with van der Waals surface area (Å²) in [7, 11) is 0. The normalized spacial score (nSPS) is 17.9. The summed E-state index contributed by atoms with van der Waals surface area (Å²) in [5.74, 6) is 2.50. The zero-order chi connectivity index (χ0) is 39.5. The first-order chi connectivity index (χ1) is 28.1. The van der Waals surface area contributed by atoms with Gasteiger partial charge in [0.2, 0.25) is 5.88 Å². The Bertz CT molecular complexity index is 3120. The van der Waals surface area contributed by atoms with Gasteiger partial charge >= 0.3 is 0 Å². The van der Waals surface area contributed by atoms with Crippen molar-refractivity contribution in [3.8, 4) is 28.6 Å². The molecule has 5 aromatic carbocycles. The van der Waals surface area contributed by atoms with Gasteiger partial charge in [-0.15, -0.1) is 0 Å². The number of furan rings is 1. The number of hydrogen-bond acceptors (Lipinski definition) is 4. The third kappa shape index (κ3) is 5.21. The highest BCUT2D eigenvalue weighted by molar-refractivity contribution is 6.17. The van der Waals surface area contributed by atoms with Crippen molar-refractivity contribution in [1.29, 1.82) is 0 Å². The van der Waals surface area contributed by atoms with E-state index in [1.807, 2.05) is 6.07 Å². The molecule has 4 heterocycles. The zero-order valence-corrected chi connectivity index (χ0v) is 34.3. The van der Waals surface area contributed by atoms with Gasteiger partial charge in [0.1, 0.15) is 22.6 Å². The highest BCUT2D eigenvalue weighted by Gasteiger charge is 2.54. The largest absolute Gasteiger partial charge is 0.455 e. The third-order valence-corrected chi connectivity index (χ3v) is 14.1. The highest BCUT2D eigenvalue weighted by atomic mass is 16.5. The number of rotatable bonds is 5.